The second-order valence-corrected chi connectivity index (χ2v) is 14.8. The zero-order valence-corrected chi connectivity index (χ0v) is 32.3. The Bertz CT molecular complexity index is 1380. The predicted molar refractivity (Wildman–Crippen MR) is 194 cm³/mol. The van der Waals surface area contributed by atoms with Gasteiger partial charge in [-0.15, -0.1) is 26.3 Å². The zero-order chi connectivity index (χ0) is 40.0. The summed E-state index contributed by atoms with van der Waals surface area (Å²) in [5.41, 5.74) is 0.697. The average Bonchev–Trinajstić information content (AvgIpc) is 3.03. The van der Waals surface area contributed by atoms with Gasteiger partial charge in [-0.3, -0.25) is 0 Å². The van der Waals surface area contributed by atoms with Gasteiger partial charge in [0.1, 0.15) is 22.7 Å². The number of nitrogens with zero attached hydrogens (tertiary/aromatic N) is 2. The third-order valence-corrected chi connectivity index (χ3v) is 7.81. The quantitative estimate of drug-likeness (QED) is 0.226. The molecular weight excluding hydrogens is 794 g/mol. The van der Waals surface area contributed by atoms with E-state index in [1.54, 1.807) is 21.9 Å². The molecule has 2 aliphatic rings. The highest BCUT2D eigenvalue weighted by Crippen LogP contribution is 2.25. The van der Waals surface area contributed by atoms with E-state index in [0.717, 1.165) is 11.1 Å². The molecule has 0 unspecified atom stereocenters. The normalized spacial score (nSPS) is 15.7. The monoisotopic (exact) mass is 846 g/mol. The van der Waals surface area contributed by atoms with Crippen LogP contribution in [0, 0.1) is 0 Å². The van der Waals surface area contributed by atoms with Crippen molar-refractivity contribution in [3.63, 3.8) is 0 Å². The Morgan fingerprint density at radius 3 is 1.35 bits per heavy atom. The lowest BCUT2D eigenvalue weighted by molar-refractivity contribution is -0.275. The van der Waals surface area contributed by atoms with Crippen LogP contribution in [0.1, 0.15) is 85.8 Å². The zero-order valence-electron chi connectivity index (χ0n) is 30.7. The fourth-order valence-electron chi connectivity index (χ4n) is 4.69. The summed E-state index contributed by atoms with van der Waals surface area (Å²) < 4.78 is 95.3. The number of aliphatic hydroxyl groups is 1. The molecule has 10 nitrogen and oxygen atoms in total. The standard InChI is InChI=1S/C18H24F3NO4.C10H19NO3.C8H6BrF3O.CH4/c1-17(2,3)26-16(23)22-10-8-14(9-11-22)24-12-13-4-6-15(7-5-13)25-18(19,20)21;1-10(2,3)14-9(13)11-6-4-8(12)5-7-11;9-5-6-1-3-7(4-2-6)13-8(10,11)12;/h4-7,14H,8-12H2,1-3H3;8,12H,4-7H2,1-3H3;1-4H,5H2;1H4. The van der Waals surface area contributed by atoms with Crippen molar-refractivity contribution in [1.82, 2.24) is 9.80 Å². The van der Waals surface area contributed by atoms with E-state index in [0.29, 0.717) is 63.8 Å². The second-order valence-electron chi connectivity index (χ2n) is 14.2. The summed E-state index contributed by atoms with van der Waals surface area (Å²) in [4.78, 5) is 26.9. The van der Waals surface area contributed by atoms with Crippen molar-refractivity contribution in [3.8, 4) is 11.5 Å². The summed E-state index contributed by atoms with van der Waals surface area (Å²) >= 11 is 3.18. The molecule has 0 atom stereocenters. The molecule has 2 amide bonds. The van der Waals surface area contributed by atoms with Crippen molar-refractivity contribution in [2.75, 3.05) is 26.2 Å². The van der Waals surface area contributed by atoms with Crippen molar-refractivity contribution < 1.29 is 64.7 Å². The molecule has 0 aromatic heterocycles. The second kappa shape index (κ2) is 21.6. The molecule has 0 spiro atoms. The third kappa shape index (κ3) is 21.4. The molecule has 17 heteroatoms. The Kier molecular flexibility index (Phi) is 19.4. The third-order valence-electron chi connectivity index (χ3n) is 7.16. The smallest absolute Gasteiger partial charge is 0.444 e. The lowest BCUT2D eigenvalue weighted by Gasteiger charge is -2.33. The minimum atomic E-state index is -4.69. The van der Waals surface area contributed by atoms with Crippen LogP contribution in [0.3, 0.4) is 0 Å². The topological polar surface area (TPSA) is 107 Å². The van der Waals surface area contributed by atoms with Gasteiger partial charge in [-0.05, 0) is 103 Å². The van der Waals surface area contributed by atoms with Crippen LogP contribution < -0.4 is 9.47 Å². The molecule has 2 aromatic carbocycles. The number of benzene rings is 2. The van der Waals surface area contributed by atoms with E-state index in [1.165, 1.54) is 36.4 Å². The van der Waals surface area contributed by atoms with Crippen molar-refractivity contribution in [3.05, 3.63) is 59.7 Å². The van der Waals surface area contributed by atoms with Gasteiger partial charge in [-0.2, -0.15) is 0 Å². The van der Waals surface area contributed by atoms with E-state index >= 15 is 0 Å². The van der Waals surface area contributed by atoms with Crippen LogP contribution in [0.5, 0.6) is 11.5 Å². The van der Waals surface area contributed by atoms with E-state index < -0.39 is 23.9 Å². The SMILES string of the molecule is C.CC(C)(C)OC(=O)N1CCC(O)CC1.CC(C)(C)OC(=O)N1CCC(OCc2ccc(OC(F)(F)F)cc2)CC1.FC(F)(F)Oc1ccc(CBr)cc1. The number of halogens is 7. The molecule has 2 saturated heterocycles. The van der Waals surface area contributed by atoms with E-state index in [2.05, 4.69) is 25.4 Å². The molecule has 2 heterocycles. The van der Waals surface area contributed by atoms with Gasteiger partial charge in [0.15, 0.2) is 0 Å². The van der Waals surface area contributed by atoms with Crippen molar-refractivity contribution in [1.29, 1.82) is 0 Å². The number of likely N-dealkylation sites (tertiary alicyclic amines) is 2. The number of alkyl halides is 7. The molecule has 2 fully saturated rings. The van der Waals surface area contributed by atoms with Gasteiger partial charge in [0.05, 0.1) is 18.8 Å². The molecule has 54 heavy (non-hydrogen) atoms. The summed E-state index contributed by atoms with van der Waals surface area (Å²) in [5, 5.41) is 9.87. The highest BCUT2D eigenvalue weighted by atomic mass is 79.9. The molecule has 0 saturated carbocycles. The number of hydrogen-bond acceptors (Lipinski definition) is 8. The summed E-state index contributed by atoms with van der Waals surface area (Å²) in [6.45, 7) is 13.6. The van der Waals surface area contributed by atoms with Crippen LogP contribution in [0.25, 0.3) is 0 Å². The molecule has 4 rings (SSSR count). The van der Waals surface area contributed by atoms with Crippen LogP contribution in [-0.2, 0) is 26.1 Å². The highest BCUT2D eigenvalue weighted by Gasteiger charge is 2.32. The Morgan fingerprint density at radius 2 is 1.02 bits per heavy atom. The largest absolute Gasteiger partial charge is 0.573 e. The first-order valence-corrected chi connectivity index (χ1v) is 18.0. The number of piperidine rings is 2. The number of aliphatic hydroxyl groups excluding tert-OH is 1. The Hall–Kier alpha value is -3.44. The maximum absolute atomic E-state index is 12.1. The van der Waals surface area contributed by atoms with Gasteiger partial charge in [-0.25, -0.2) is 9.59 Å². The van der Waals surface area contributed by atoms with E-state index in [1.807, 2.05) is 41.5 Å². The van der Waals surface area contributed by atoms with Crippen LogP contribution in [0.2, 0.25) is 0 Å². The fourth-order valence-corrected chi connectivity index (χ4v) is 5.06. The summed E-state index contributed by atoms with van der Waals surface area (Å²) in [7, 11) is 0. The van der Waals surface area contributed by atoms with Gasteiger partial charge < -0.3 is 38.6 Å². The molecular formula is C37H53BrF6N2O8. The number of ether oxygens (including phenoxy) is 5. The molecule has 2 aliphatic heterocycles. The summed E-state index contributed by atoms with van der Waals surface area (Å²) in [5.74, 6) is -0.455. The average molecular weight is 848 g/mol. The lowest BCUT2D eigenvalue weighted by atomic mass is 10.1. The van der Waals surface area contributed by atoms with Gasteiger partial charge in [0.25, 0.3) is 0 Å². The first-order valence-electron chi connectivity index (χ1n) is 16.9. The molecule has 1 N–H and O–H groups in total. The molecule has 0 bridgehead atoms. The van der Waals surface area contributed by atoms with Crippen LogP contribution >= 0.6 is 15.9 Å². The van der Waals surface area contributed by atoms with Gasteiger partial charge in [0, 0.05) is 31.5 Å². The number of hydrogen-bond donors (Lipinski definition) is 1. The van der Waals surface area contributed by atoms with Crippen molar-refractivity contribution in [2.24, 2.45) is 0 Å². The number of carbonyl (C=O) groups excluding carboxylic acids is 2. The summed E-state index contributed by atoms with van der Waals surface area (Å²) in [6, 6.07) is 11.3. The molecule has 2 aromatic rings. The predicted octanol–water partition coefficient (Wildman–Crippen LogP) is 10.00. The Morgan fingerprint density at radius 1 is 0.667 bits per heavy atom. The Labute approximate surface area is 322 Å². The molecule has 0 radical (unpaired) electrons. The first-order chi connectivity index (χ1) is 24.4. The summed E-state index contributed by atoms with van der Waals surface area (Å²) in [6.07, 6.45) is -7.48. The van der Waals surface area contributed by atoms with Crippen LogP contribution in [-0.4, -0.2) is 89.4 Å². The maximum atomic E-state index is 12.1. The lowest BCUT2D eigenvalue weighted by Crippen LogP contribution is -2.43. The number of carbonyl (C=O) groups is 2. The van der Waals surface area contributed by atoms with Gasteiger partial charge in [-0.1, -0.05) is 47.6 Å². The van der Waals surface area contributed by atoms with E-state index in [9.17, 15) is 41.0 Å². The Balaban J connectivity index is 0.000000440. The minimum Gasteiger partial charge on any atom is -0.444 e. The van der Waals surface area contributed by atoms with Gasteiger partial charge in [0.2, 0.25) is 0 Å². The molecule has 0 aliphatic carbocycles. The molecule has 308 valence electrons. The van der Waals surface area contributed by atoms with E-state index in [-0.39, 0.29) is 43.3 Å². The van der Waals surface area contributed by atoms with Crippen molar-refractivity contribution in [2.45, 2.75) is 123 Å². The maximum Gasteiger partial charge on any atom is 0.573 e. The minimum absolute atomic E-state index is 0. The van der Waals surface area contributed by atoms with E-state index in [4.69, 9.17) is 14.2 Å². The van der Waals surface area contributed by atoms with Gasteiger partial charge >= 0.3 is 24.9 Å². The fraction of sp³-hybridized carbons (Fsp3) is 0.622. The van der Waals surface area contributed by atoms with Crippen LogP contribution in [0.15, 0.2) is 48.5 Å². The number of rotatable bonds is 6. The van der Waals surface area contributed by atoms with Crippen molar-refractivity contribution >= 4 is 28.1 Å². The first kappa shape index (κ1) is 48.6. The highest BCUT2D eigenvalue weighted by molar-refractivity contribution is 9.08. The number of amides is 2. The van der Waals surface area contributed by atoms with Crippen LogP contribution in [0.4, 0.5) is 35.9 Å².